The lowest BCUT2D eigenvalue weighted by Crippen LogP contribution is -2.64. The molecule has 1 saturated heterocycles. The molecule has 2 amide bonds. The Bertz CT molecular complexity index is 525. The van der Waals surface area contributed by atoms with Crippen LogP contribution in [0, 0.1) is 5.92 Å². The highest BCUT2D eigenvalue weighted by molar-refractivity contribution is 5.97. The predicted octanol–water partition coefficient (Wildman–Crippen LogP) is 0.560. The van der Waals surface area contributed by atoms with E-state index < -0.39 is 12.1 Å². The van der Waals surface area contributed by atoms with E-state index in [9.17, 15) is 9.59 Å². The summed E-state index contributed by atoms with van der Waals surface area (Å²) in [5.74, 6) is 0.631. The maximum atomic E-state index is 12.6. The second-order valence-corrected chi connectivity index (χ2v) is 5.62. The van der Waals surface area contributed by atoms with Crippen LogP contribution in [-0.4, -0.2) is 43.6 Å². The molecule has 0 saturated carbocycles. The van der Waals surface area contributed by atoms with Gasteiger partial charge in [-0.15, -0.1) is 0 Å². The Balaban J connectivity index is 2.30. The van der Waals surface area contributed by atoms with Crippen molar-refractivity contribution in [2.75, 3.05) is 0 Å². The zero-order chi connectivity index (χ0) is 15.6. The van der Waals surface area contributed by atoms with Gasteiger partial charge in [-0.05, 0) is 19.3 Å². The molecule has 2 heterocycles. The summed E-state index contributed by atoms with van der Waals surface area (Å²) in [4.78, 5) is 30.8. The molecule has 21 heavy (non-hydrogen) atoms. The molecule has 7 heteroatoms. The fourth-order valence-electron chi connectivity index (χ4n) is 2.74. The minimum atomic E-state index is -0.456. The summed E-state index contributed by atoms with van der Waals surface area (Å²) in [6, 6.07) is -0.896. The van der Waals surface area contributed by atoms with Crippen LogP contribution in [0.15, 0.2) is 6.33 Å². The minimum Gasteiger partial charge on any atom is -0.343 e. The van der Waals surface area contributed by atoms with E-state index in [1.807, 2.05) is 27.7 Å². The number of aryl methyl sites for hydroxylation is 1. The van der Waals surface area contributed by atoms with Crippen molar-refractivity contribution >= 4 is 11.8 Å². The number of hydrogen-bond acceptors (Lipinski definition) is 4. The van der Waals surface area contributed by atoms with Crippen molar-refractivity contribution in [1.82, 2.24) is 25.0 Å². The largest absolute Gasteiger partial charge is 0.343 e. The topological polar surface area (TPSA) is 80.1 Å². The Morgan fingerprint density at radius 3 is 2.62 bits per heavy atom. The van der Waals surface area contributed by atoms with Gasteiger partial charge in [0.1, 0.15) is 24.2 Å². The molecule has 7 nitrogen and oxygen atoms in total. The number of nitrogens with zero attached hydrogens (tertiary/aromatic N) is 4. The summed E-state index contributed by atoms with van der Waals surface area (Å²) in [7, 11) is 0. The lowest BCUT2D eigenvalue weighted by atomic mass is 9.96. The molecule has 0 radical (unpaired) electrons. The molecule has 2 atom stereocenters. The van der Waals surface area contributed by atoms with Crippen LogP contribution in [0.25, 0.3) is 0 Å². The summed E-state index contributed by atoms with van der Waals surface area (Å²) >= 11 is 0. The van der Waals surface area contributed by atoms with Crippen LogP contribution in [0.2, 0.25) is 0 Å². The third kappa shape index (κ3) is 2.91. The third-order valence-corrected chi connectivity index (χ3v) is 3.85. The van der Waals surface area contributed by atoms with Crippen molar-refractivity contribution in [2.45, 2.75) is 59.3 Å². The number of amides is 2. The Morgan fingerprint density at radius 2 is 2.05 bits per heavy atom. The summed E-state index contributed by atoms with van der Waals surface area (Å²) in [5, 5.41) is 6.93. The number of carbonyl (C=O) groups excluding carboxylic acids is 2. The quantitative estimate of drug-likeness (QED) is 0.860. The Morgan fingerprint density at radius 1 is 1.33 bits per heavy atom. The SMILES string of the molecule is CCC1NC(=O)C(C(C)C)N(Cc2ncnn2CC)C1=O. The summed E-state index contributed by atoms with van der Waals surface area (Å²) in [6.07, 6.45) is 2.07. The molecule has 0 aromatic carbocycles. The summed E-state index contributed by atoms with van der Waals surface area (Å²) < 4.78 is 1.75. The molecular formula is C14H23N5O2. The Kier molecular flexibility index (Phi) is 4.59. The van der Waals surface area contributed by atoms with Gasteiger partial charge in [0.05, 0.1) is 6.54 Å². The van der Waals surface area contributed by atoms with Gasteiger partial charge in [-0.1, -0.05) is 20.8 Å². The standard InChI is InChI=1S/C14H23N5O2/c1-5-10-14(21)18(12(9(3)4)13(20)17-10)7-11-15-8-16-19(11)6-2/h8-10,12H,5-7H2,1-4H3,(H,17,20). The number of nitrogens with one attached hydrogen (secondary N) is 1. The first kappa shape index (κ1) is 15.5. The van der Waals surface area contributed by atoms with Crippen molar-refractivity contribution < 1.29 is 9.59 Å². The fraction of sp³-hybridized carbons (Fsp3) is 0.714. The molecule has 0 spiro atoms. The number of hydrogen-bond donors (Lipinski definition) is 1. The van der Waals surface area contributed by atoms with Gasteiger partial charge in [-0.2, -0.15) is 5.10 Å². The first-order valence-electron chi connectivity index (χ1n) is 7.47. The van der Waals surface area contributed by atoms with Gasteiger partial charge in [0.15, 0.2) is 0 Å². The molecular weight excluding hydrogens is 270 g/mol. The molecule has 1 aliphatic rings. The highest BCUT2D eigenvalue weighted by Gasteiger charge is 2.41. The lowest BCUT2D eigenvalue weighted by Gasteiger charge is -2.40. The van der Waals surface area contributed by atoms with E-state index in [-0.39, 0.29) is 17.7 Å². The molecule has 1 aliphatic heterocycles. The molecule has 1 aromatic heterocycles. The molecule has 0 aliphatic carbocycles. The van der Waals surface area contributed by atoms with Gasteiger partial charge in [0, 0.05) is 6.54 Å². The van der Waals surface area contributed by atoms with Crippen molar-refractivity contribution in [3.8, 4) is 0 Å². The Hall–Kier alpha value is -1.92. The third-order valence-electron chi connectivity index (χ3n) is 3.85. The molecule has 1 N–H and O–H groups in total. The van der Waals surface area contributed by atoms with Crippen LogP contribution < -0.4 is 5.32 Å². The number of aromatic nitrogens is 3. The van der Waals surface area contributed by atoms with E-state index in [2.05, 4.69) is 15.4 Å². The molecule has 1 aromatic rings. The summed E-state index contributed by atoms with van der Waals surface area (Å²) in [5.41, 5.74) is 0. The highest BCUT2D eigenvalue weighted by Crippen LogP contribution is 2.20. The van der Waals surface area contributed by atoms with E-state index in [1.54, 1.807) is 9.58 Å². The van der Waals surface area contributed by atoms with Crippen molar-refractivity contribution in [3.05, 3.63) is 12.2 Å². The van der Waals surface area contributed by atoms with Crippen molar-refractivity contribution in [1.29, 1.82) is 0 Å². The van der Waals surface area contributed by atoms with Gasteiger partial charge in [0.25, 0.3) is 0 Å². The lowest BCUT2D eigenvalue weighted by molar-refractivity contribution is -0.152. The van der Waals surface area contributed by atoms with Crippen molar-refractivity contribution in [3.63, 3.8) is 0 Å². The van der Waals surface area contributed by atoms with Crippen molar-refractivity contribution in [2.24, 2.45) is 5.92 Å². The molecule has 1 fully saturated rings. The van der Waals surface area contributed by atoms with Gasteiger partial charge in [-0.3, -0.25) is 9.59 Å². The maximum Gasteiger partial charge on any atom is 0.246 e. The fourth-order valence-corrected chi connectivity index (χ4v) is 2.74. The highest BCUT2D eigenvalue weighted by atomic mass is 16.2. The first-order valence-corrected chi connectivity index (χ1v) is 7.47. The summed E-state index contributed by atoms with van der Waals surface area (Å²) in [6.45, 7) is 8.76. The van der Waals surface area contributed by atoms with Gasteiger partial charge >= 0.3 is 0 Å². The predicted molar refractivity (Wildman–Crippen MR) is 77.1 cm³/mol. The average Bonchev–Trinajstić information content (AvgIpc) is 2.89. The van der Waals surface area contributed by atoms with Gasteiger partial charge in [0.2, 0.25) is 11.8 Å². The molecule has 2 unspecified atom stereocenters. The van der Waals surface area contributed by atoms with Crippen LogP contribution in [-0.2, 0) is 22.7 Å². The minimum absolute atomic E-state index is 0.0403. The first-order chi connectivity index (χ1) is 9.99. The van der Waals surface area contributed by atoms with E-state index in [4.69, 9.17) is 0 Å². The number of carbonyl (C=O) groups is 2. The van der Waals surface area contributed by atoms with Gasteiger partial charge < -0.3 is 10.2 Å². The van der Waals surface area contributed by atoms with Gasteiger partial charge in [-0.25, -0.2) is 9.67 Å². The van der Waals surface area contributed by atoms with Crippen LogP contribution in [0.4, 0.5) is 0 Å². The van der Waals surface area contributed by atoms with Crippen LogP contribution in [0.1, 0.15) is 39.9 Å². The molecule has 0 bridgehead atoms. The molecule has 2 rings (SSSR count). The average molecular weight is 293 g/mol. The van der Waals surface area contributed by atoms with Crippen LogP contribution in [0.5, 0.6) is 0 Å². The van der Waals surface area contributed by atoms with E-state index in [0.717, 1.165) is 0 Å². The van der Waals surface area contributed by atoms with Crippen LogP contribution >= 0.6 is 0 Å². The zero-order valence-electron chi connectivity index (χ0n) is 13.0. The monoisotopic (exact) mass is 293 g/mol. The molecule has 116 valence electrons. The number of piperazine rings is 1. The second-order valence-electron chi connectivity index (χ2n) is 5.62. The van der Waals surface area contributed by atoms with Crippen LogP contribution in [0.3, 0.4) is 0 Å². The maximum absolute atomic E-state index is 12.6. The van der Waals surface area contributed by atoms with E-state index in [1.165, 1.54) is 6.33 Å². The zero-order valence-corrected chi connectivity index (χ0v) is 13.0. The smallest absolute Gasteiger partial charge is 0.246 e. The van der Waals surface area contributed by atoms with E-state index >= 15 is 0 Å². The Labute approximate surface area is 124 Å². The number of rotatable bonds is 5. The second kappa shape index (κ2) is 6.24. The normalized spacial score (nSPS) is 22.8. The van der Waals surface area contributed by atoms with E-state index in [0.29, 0.717) is 25.3 Å².